The summed E-state index contributed by atoms with van der Waals surface area (Å²) in [7, 11) is 0. The maximum absolute atomic E-state index is 12.3. The van der Waals surface area contributed by atoms with Crippen LogP contribution in [0.4, 0.5) is 5.69 Å². The highest BCUT2D eigenvalue weighted by Crippen LogP contribution is 2.40. The molecular formula is C24H17Br2NO3. The van der Waals surface area contributed by atoms with E-state index in [0.717, 1.165) is 48.0 Å². The van der Waals surface area contributed by atoms with Gasteiger partial charge in [0.2, 0.25) is 0 Å². The van der Waals surface area contributed by atoms with E-state index < -0.39 is 0 Å². The maximum Gasteiger partial charge on any atom is 0.336 e. The molecule has 0 atom stereocenters. The number of benzene rings is 3. The van der Waals surface area contributed by atoms with Crippen molar-refractivity contribution in [2.45, 2.75) is 13.5 Å². The van der Waals surface area contributed by atoms with Crippen LogP contribution in [0.3, 0.4) is 0 Å². The van der Waals surface area contributed by atoms with Gasteiger partial charge in [0.25, 0.3) is 0 Å². The Kier molecular flexibility index (Phi) is 4.91. The molecule has 6 heteroatoms. The molecule has 0 saturated heterocycles. The molecule has 2 heterocycles. The van der Waals surface area contributed by atoms with E-state index >= 15 is 0 Å². The molecule has 0 radical (unpaired) electrons. The van der Waals surface area contributed by atoms with Crippen molar-refractivity contribution in [2.24, 2.45) is 0 Å². The topological polar surface area (TPSA) is 42.7 Å². The molecule has 1 aliphatic rings. The number of ether oxygens (including phenoxy) is 1. The Balaban J connectivity index is 1.67. The van der Waals surface area contributed by atoms with Gasteiger partial charge in [-0.3, -0.25) is 0 Å². The molecule has 0 N–H and O–H groups in total. The first-order chi connectivity index (χ1) is 14.5. The van der Waals surface area contributed by atoms with E-state index in [2.05, 4.69) is 48.9 Å². The molecule has 0 spiro atoms. The first-order valence-corrected chi connectivity index (χ1v) is 11.1. The number of fused-ring (bicyclic) bond motifs is 2. The lowest BCUT2D eigenvalue weighted by molar-refractivity contribution is 0.287. The van der Waals surface area contributed by atoms with Crippen LogP contribution in [0.25, 0.3) is 22.1 Å². The van der Waals surface area contributed by atoms with E-state index in [1.807, 2.05) is 49.4 Å². The summed E-state index contributed by atoms with van der Waals surface area (Å²) >= 11 is 7.15. The van der Waals surface area contributed by atoms with Crippen LogP contribution in [0.1, 0.15) is 11.1 Å². The van der Waals surface area contributed by atoms with Gasteiger partial charge in [0.15, 0.2) is 6.73 Å². The molecule has 4 nitrogen and oxygen atoms in total. The van der Waals surface area contributed by atoms with Crippen LogP contribution in [0.2, 0.25) is 0 Å². The highest BCUT2D eigenvalue weighted by Gasteiger charge is 2.24. The second kappa shape index (κ2) is 7.60. The molecule has 1 aliphatic heterocycles. The van der Waals surface area contributed by atoms with Crippen LogP contribution >= 0.6 is 31.9 Å². The fraction of sp³-hybridized carbons (Fsp3) is 0.125. The Labute approximate surface area is 190 Å². The SMILES string of the molecule is Cc1c2c(cc3c(-c4ccccc4)cc(=O)oc13)CN(c1ccc(Br)cc1Br)CO2. The average Bonchev–Trinajstić information content (AvgIpc) is 2.74. The Hall–Kier alpha value is -2.57. The molecule has 150 valence electrons. The van der Waals surface area contributed by atoms with Crippen LogP contribution in [-0.2, 0) is 6.54 Å². The van der Waals surface area contributed by atoms with Gasteiger partial charge in [-0.2, -0.15) is 0 Å². The summed E-state index contributed by atoms with van der Waals surface area (Å²) in [6.45, 7) is 3.06. The van der Waals surface area contributed by atoms with Crippen LogP contribution in [0.5, 0.6) is 5.75 Å². The van der Waals surface area contributed by atoms with Crippen LogP contribution in [0, 0.1) is 6.92 Å². The van der Waals surface area contributed by atoms with E-state index in [0.29, 0.717) is 18.9 Å². The number of rotatable bonds is 2. The Bertz CT molecular complexity index is 1330. The Morgan fingerprint density at radius 1 is 1.00 bits per heavy atom. The molecule has 4 aromatic rings. The first kappa shape index (κ1) is 19.4. The number of hydrogen-bond donors (Lipinski definition) is 0. The fourth-order valence-electron chi connectivity index (χ4n) is 3.97. The summed E-state index contributed by atoms with van der Waals surface area (Å²) in [6, 6.07) is 19.7. The zero-order chi connectivity index (χ0) is 20.8. The molecule has 0 amide bonds. The molecule has 0 fully saturated rings. The highest BCUT2D eigenvalue weighted by atomic mass is 79.9. The van der Waals surface area contributed by atoms with E-state index in [4.69, 9.17) is 9.15 Å². The third-order valence-corrected chi connectivity index (χ3v) is 6.48. The van der Waals surface area contributed by atoms with Crippen molar-refractivity contribution < 1.29 is 9.15 Å². The summed E-state index contributed by atoms with van der Waals surface area (Å²) < 4.78 is 13.7. The molecule has 0 saturated carbocycles. The summed E-state index contributed by atoms with van der Waals surface area (Å²) in [6.07, 6.45) is 0. The van der Waals surface area contributed by atoms with Gasteiger partial charge in [-0.1, -0.05) is 46.3 Å². The van der Waals surface area contributed by atoms with E-state index in [-0.39, 0.29) is 5.63 Å². The maximum atomic E-state index is 12.3. The lowest BCUT2D eigenvalue weighted by atomic mass is 9.97. The van der Waals surface area contributed by atoms with Crippen LogP contribution < -0.4 is 15.3 Å². The van der Waals surface area contributed by atoms with Crippen LogP contribution in [0.15, 0.2) is 78.8 Å². The summed E-state index contributed by atoms with van der Waals surface area (Å²) in [5, 5.41) is 0.914. The lowest BCUT2D eigenvalue weighted by Gasteiger charge is -2.32. The molecular weight excluding hydrogens is 510 g/mol. The number of halogens is 2. The van der Waals surface area contributed by atoms with E-state index in [9.17, 15) is 4.79 Å². The minimum absolute atomic E-state index is 0.361. The van der Waals surface area contributed by atoms with Crippen molar-refractivity contribution >= 4 is 48.5 Å². The molecule has 0 bridgehead atoms. The summed E-state index contributed by atoms with van der Waals surface area (Å²) in [5.41, 5.74) is 5.05. The average molecular weight is 527 g/mol. The molecule has 5 rings (SSSR count). The zero-order valence-electron chi connectivity index (χ0n) is 16.1. The van der Waals surface area contributed by atoms with Gasteiger partial charge in [-0.15, -0.1) is 0 Å². The molecule has 1 aromatic heterocycles. The van der Waals surface area contributed by atoms with Crippen molar-refractivity contribution in [3.63, 3.8) is 0 Å². The third kappa shape index (κ3) is 3.34. The third-order valence-electron chi connectivity index (χ3n) is 5.35. The standard InChI is InChI=1S/C24H17Br2NO3/c1-14-23-16(12-27(13-29-23)21-8-7-17(25)10-20(21)26)9-19-18(11-22(28)30-24(14)19)15-5-3-2-4-6-15/h2-11H,12-13H2,1H3. The number of anilines is 1. The minimum atomic E-state index is -0.361. The number of nitrogens with zero attached hydrogens (tertiary/aromatic N) is 1. The van der Waals surface area contributed by atoms with Gasteiger partial charge < -0.3 is 14.1 Å². The summed E-state index contributed by atoms with van der Waals surface area (Å²) in [4.78, 5) is 14.4. The van der Waals surface area contributed by atoms with Crippen molar-refractivity contribution in [1.29, 1.82) is 0 Å². The number of aryl methyl sites for hydroxylation is 1. The van der Waals surface area contributed by atoms with Crippen molar-refractivity contribution in [2.75, 3.05) is 11.6 Å². The minimum Gasteiger partial charge on any atom is -0.472 e. The molecule has 3 aromatic carbocycles. The second-order valence-electron chi connectivity index (χ2n) is 7.28. The van der Waals surface area contributed by atoms with E-state index in [1.54, 1.807) is 6.07 Å². The fourth-order valence-corrected chi connectivity index (χ4v) is 5.27. The monoisotopic (exact) mass is 525 g/mol. The van der Waals surface area contributed by atoms with Gasteiger partial charge in [-0.25, -0.2) is 4.79 Å². The molecule has 0 unspecified atom stereocenters. The molecule has 30 heavy (non-hydrogen) atoms. The Morgan fingerprint density at radius 2 is 1.80 bits per heavy atom. The zero-order valence-corrected chi connectivity index (χ0v) is 19.3. The van der Waals surface area contributed by atoms with Gasteiger partial charge in [0.05, 0.1) is 5.69 Å². The highest BCUT2D eigenvalue weighted by molar-refractivity contribution is 9.11. The van der Waals surface area contributed by atoms with E-state index in [1.165, 1.54) is 0 Å². The van der Waals surface area contributed by atoms with Gasteiger partial charge >= 0.3 is 5.63 Å². The second-order valence-corrected chi connectivity index (χ2v) is 9.05. The Morgan fingerprint density at radius 3 is 2.57 bits per heavy atom. The smallest absolute Gasteiger partial charge is 0.336 e. The predicted molar refractivity (Wildman–Crippen MR) is 126 cm³/mol. The predicted octanol–water partition coefficient (Wildman–Crippen LogP) is 6.65. The molecule has 0 aliphatic carbocycles. The van der Waals surface area contributed by atoms with Gasteiger partial charge in [0, 0.05) is 38.1 Å². The van der Waals surface area contributed by atoms with Crippen molar-refractivity contribution in [3.8, 4) is 16.9 Å². The van der Waals surface area contributed by atoms with Gasteiger partial charge in [0.1, 0.15) is 11.3 Å². The number of hydrogen-bond acceptors (Lipinski definition) is 4. The van der Waals surface area contributed by atoms with Crippen LogP contribution in [-0.4, -0.2) is 6.73 Å². The first-order valence-electron chi connectivity index (χ1n) is 9.50. The van der Waals surface area contributed by atoms with Crippen molar-refractivity contribution in [3.05, 3.63) is 91.2 Å². The summed E-state index contributed by atoms with van der Waals surface area (Å²) in [5.74, 6) is 0.792. The van der Waals surface area contributed by atoms with Gasteiger partial charge in [-0.05, 0) is 58.2 Å². The largest absolute Gasteiger partial charge is 0.472 e. The quantitative estimate of drug-likeness (QED) is 0.274. The van der Waals surface area contributed by atoms with Crippen molar-refractivity contribution in [1.82, 2.24) is 0 Å². The lowest BCUT2D eigenvalue weighted by Crippen LogP contribution is -2.32. The normalized spacial score (nSPS) is 13.2.